The summed E-state index contributed by atoms with van der Waals surface area (Å²) in [5.74, 6) is -1.83. The summed E-state index contributed by atoms with van der Waals surface area (Å²) < 4.78 is 30.6. The number of carbonyl (C=O) groups excluding carboxylic acids is 1. The summed E-state index contributed by atoms with van der Waals surface area (Å²) in [5, 5.41) is 2.43. The summed E-state index contributed by atoms with van der Waals surface area (Å²) in [4.78, 5) is 10.7. The monoisotopic (exact) mass is 291 g/mol. The molecule has 0 bridgehead atoms. The average molecular weight is 292 g/mol. The van der Waals surface area contributed by atoms with Crippen LogP contribution in [0.2, 0.25) is 0 Å². The number of benzene rings is 1. The Morgan fingerprint density at radius 3 is 2.75 bits per heavy atom. The Morgan fingerprint density at radius 1 is 1.44 bits per heavy atom. The molecule has 0 saturated heterocycles. The maximum absolute atomic E-state index is 13.2. The fourth-order valence-corrected chi connectivity index (χ4v) is 1.22. The van der Waals surface area contributed by atoms with E-state index in [1.165, 1.54) is 7.11 Å². The number of hydrogen-bond acceptors (Lipinski definition) is 3. The molecule has 0 atom stereocenters. The number of hydrogen-bond donors (Lipinski definition) is 1. The highest BCUT2D eigenvalue weighted by atomic mass is 79.9. The van der Waals surface area contributed by atoms with Crippen LogP contribution in [-0.4, -0.2) is 13.1 Å². The van der Waals surface area contributed by atoms with Crippen molar-refractivity contribution in [2.45, 2.75) is 0 Å². The van der Waals surface area contributed by atoms with Crippen LogP contribution in [0.25, 0.3) is 0 Å². The number of ether oxygens (including phenoxy) is 1. The molecule has 1 rings (SSSR count). The molecule has 0 saturated carbocycles. The second-order valence-electron chi connectivity index (χ2n) is 2.75. The van der Waals surface area contributed by atoms with Crippen LogP contribution in [0.4, 0.5) is 14.5 Å². The Kier molecular flexibility index (Phi) is 4.42. The van der Waals surface area contributed by atoms with Crippen molar-refractivity contribution >= 4 is 27.6 Å². The Hall–Kier alpha value is -1.43. The quantitative estimate of drug-likeness (QED) is 0.529. The van der Waals surface area contributed by atoms with Crippen molar-refractivity contribution in [2.24, 2.45) is 0 Å². The van der Waals surface area contributed by atoms with Gasteiger partial charge in [-0.15, -0.1) is 0 Å². The first-order valence-electron chi connectivity index (χ1n) is 4.20. The van der Waals surface area contributed by atoms with Gasteiger partial charge in [0.15, 0.2) is 0 Å². The highest BCUT2D eigenvalue weighted by molar-refractivity contribution is 9.10. The molecule has 6 heteroatoms. The summed E-state index contributed by atoms with van der Waals surface area (Å²) in [6, 6.07) is 1.96. The molecule has 1 aromatic carbocycles. The summed E-state index contributed by atoms with van der Waals surface area (Å²) >= 11 is 2.85. The normalized spacial score (nSPS) is 10.5. The molecular weight excluding hydrogens is 284 g/mol. The number of esters is 1. The molecule has 0 aliphatic rings. The number of rotatable bonds is 3. The van der Waals surface area contributed by atoms with Gasteiger partial charge in [-0.3, -0.25) is 0 Å². The van der Waals surface area contributed by atoms with Gasteiger partial charge in [-0.2, -0.15) is 0 Å². The van der Waals surface area contributed by atoms with E-state index in [0.717, 1.165) is 24.4 Å². The van der Waals surface area contributed by atoms with Crippen LogP contribution in [0, 0.1) is 11.6 Å². The standard InChI is InChI=1S/C10H8BrF2NO2/c1-16-10(15)2-3-14-9-5-7(12)6(11)4-8(9)13/h2-5,14H,1H3/b3-2+. The Balaban J connectivity index is 2.78. The van der Waals surface area contributed by atoms with Crippen molar-refractivity contribution in [3.8, 4) is 0 Å². The van der Waals surface area contributed by atoms with Gasteiger partial charge >= 0.3 is 5.97 Å². The molecule has 0 spiro atoms. The lowest BCUT2D eigenvalue weighted by Gasteiger charge is -2.03. The van der Waals surface area contributed by atoms with Gasteiger partial charge in [-0.25, -0.2) is 13.6 Å². The topological polar surface area (TPSA) is 38.3 Å². The van der Waals surface area contributed by atoms with Gasteiger partial charge in [0.1, 0.15) is 11.6 Å². The fraction of sp³-hybridized carbons (Fsp3) is 0.100. The van der Waals surface area contributed by atoms with Gasteiger partial charge in [0.2, 0.25) is 0 Å². The van der Waals surface area contributed by atoms with Crippen molar-refractivity contribution in [1.82, 2.24) is 0 Å². The van der Waals surface area contributed by atoms with Crippen LogP contribution in [0.1, 0.15) is 0 Å². The summed E-state index contributed by atoms with van der Waals surface area (Å²) in [6.45, 7) is 0. The van der Waals surface area contributed by atoms with Crippen molar-refractivity contribution in [3.63, 3.8) is 0 Å². The molecule has 1 N–H and O–H groups in total. The Bertz CT molecular complexity index is 435. The molecule has 0 amide bonds. The van der Waals surface area contributed by atoms with Crippen molar-refractivity contribution < 1.29 is 18.3 Å². The maximum Gasteiger partial charge on any atom is 0.331 e. The average Bonchev–Trinajstić information content (AvgIpc) is 2.25. The molecule has 0 heterocycles. The predicted octanol–water partition coefficient (Wildman–Crippen LogP) is 2.83. The third-order valence-corrected chi connectivity index (χ3v) is 2.28. The van der Waals surface area contributed by atoms with Crippen LogP contribution >= 0.6 is 15.9 Å². The van der Waals surface area contributed by atoms with E-state index in [1.54, 1.807) is 0 Å². The molecule has 16 heavy (non-hydrogen) atoms. The summed E-state index contributed by atoms with van der Waals surface area (Å²) in [7, 11) is 1.21. The van der Waals surface area contributed by atoms with Crippen molar-refractivity contribution in [1.29, 1.82) is 0 Å². The fourth-order valence-electron chi connectivity index (χ4n) is 0.901. The van der Waals surface area contributed by atoms with Gasteiger partial charge in [0.25, 0.3) is 0 Å². The van der Waals surface area contributed by atoms with Gasteiger partial charge in [0, 0.05) is 18.3 Å². The number of methoxy groups -OCH3 is 1. The van der Waals surface area contributed by atoms with E-state index in [9.17, 15) is 13.6 Å². The van der Waals surface area contributed by atoms with Gasteiger partial charge in [-0.05, 0) is 22.0 Å². The molecule has 86 valence electrons. The van der Waals surface area contributed by atoms with Gasteiger partial charge < -0.3 is 10.1 Å². The molecule has 3 nitrogen and oxygen atoms in total. The van der Waals surface area contributed by atoms with Crippen molar-refractivity contribution in [2.75, 3.05) is 12.4 Å². The van der Waals surface area contributed by atoms with Crippen LogP contribution in [0.15, 0.2) is 28.9 Å². The molecule has 0 aromatic heterocycles. The lowest BCUT2D eigenvalue weighted by molar-refractivity contribution is -0.134. The number of carbonyl (C=O) groups is 1. The van der Waals surface area contributed by atoms with E-state index in [-0.39, 0.29) is 10.2 Å². The molecule has 0 aliphatic carbocycles. The second kappa shape index (κ2) is 5.60. The third-order valence-electron chi connectivity index (χ3n) is 1.67. The lowest BCUT2D eigenvalue weighted by Crippen LogP contribution is -1.98. The van der Waals surface area contributed by atoms with E-state index in [0.29, 0.717) is 0 Å². The predicted molar refractivity (Wildman–Crippen MR) is 58.8 cm³/mol. The summed E-state index contributed by atoms with van der Waals surface area (Å²) in [5.41, 5.74) is -0.0687. The summed E-state index contributed by atoms with van der Waals surface area (Å²) in [6.07, 6.45) is 2.22. The zero-order chi connectivity index (χ0) is 12.1. The molecular formula is C10H8BrF2NO2. The first-order chi connectivity index (χ1) is 7.54. The van der Waals surface area contributed by atoms with Crippen LogP contribution < -0.4 is 5.32 Å². The largest absolute Gasteiger partial charge is 0.466 e. The maximum atomic E-state index is 13.2. The van der Waals surface area contributed by atoms with Crippen molar-refractivity contribution in [3.05, 3.63) is 40.5 Å². The first-order valence-corrected chi connectivity index (χ1v) is 4.99. The zero-order valence-corrected chi connectivity index (χ0v) is 9.85. The minimum atomic E-state index is -0.636. The Labute approximate surface area is 99.2 Å². The highest BCUT2D eigenvalue weighted by Crippen LogP contribution is 2.23. The molecule has 0 aliphatic heterocycles. The third kappa shape index (κ3) is 3.30. The highest BCUT2D eigenvalue weighted by Gasteiger charge is 2.06. The smallest absolute Gasteiger partial charge is 0.331 e. The van der Waals surface area contributed by atoms with Crippen LogP contribution in [0.5, 0.6) is 0 Å². The molecule has 1 aromatic rings. The minimum Gasteiger partial charge on any atom is -0.466 e. The number of halogens is 3. The van der Waals surface area contributed by atoms with E-state index in [4.69, 9.17) is 0 Å². The number of nitrogens with one attached hydrogen (secondary N) is 1. The minimum absolute atomic E-state index is 0.0347. The molecule has 0 fully saturated rings. The van der Waals surface area contributed by atoms with Gasteiger partial charge in [-0.1, -0.05) is 0 Å². The van der Waals surface area contributed by atoms with E-state index in [1.807, 2.05) is 0 Å². The molecule has 0 unspecified atom stereocenters. The second-order valence-corrected chi connectivity index (χ2v) is 3.60. The SMILES string of the molecule is COC(=O)/C=C/Nc1cc(F)c(Br)cc1F. The van der Waals surface area contributed by atoms with Gasteiger partial charge in [0.05, 0.1) is 17.3 Å². The zero-order valence-electron chi connectivity index (χ0n) is 8.26. The van der Waals surface area contributed by atoms with Crippen LogP contribution in [0.3, 0.4) is 0 Å². The van der Waals surface area contributed by atoms with E-state index >= 15 is 0 Å². The van der Waals surface area contributed by atoms with E-state index in [2.05, 4.69) is 26.0 Å². The number of anilines is 1. The van der Waals surface area contributed by atoms with E-state index < -0.39 is 17.6 Å². The first kappa shape index (κ1) is 12.6. The lowest BCUT2D eigenvalue weighted by atomic mass is 10.3. The Morgan fingerprint density at radius 2 is 2.12 bits per heavy atom. The van der Waals surface area contributed by atoms with Crippen LogP contribution in [-0.2, 0) is 9.53 Å². The molecule has 0 radical (unpaired) electrons.